The van der Waals surface area contributed by atoms with Crippen LogP contribution in [0.4, 0.5) is 0 Å². The highest BCUT2D eigenvalue weighted by Gasteiger charge is 2.25. The molecule has 0 aliphatic carbocycles. The van der Waals surface area contributed by atoms with E-state index < -0.39 is 16.1 Å². The maximum absolute atomic E-state index is 12.9. The lowest BCUT2D eigenvalue weighted by Crippen LogP contribution is -2.27. The minimum absolute atomic E-state index is 0.00711. The number of nitrogens with one attached hydrogen (secondary N) is 1. The predicted molar refractivity (Wildman–Crippen MR) is 106 cm³/mol. The number of furan rings is 1. The topological polar surface area (TPSA) is 87.0 Å². The van der Waals surface area contributed by atoms with Gasteiger partial charge in [0.1, 0.15) is 22.2 Å². The molecule has 0 saturated heterocycles. The molecule has 3 rings (SSSR count). The van der Waals surface area contributed by atoms with Gasteiger partial charge in [-0.1, -0.05) is 12.1 Å². The molecule has 1 unspecified atom stereocenters. The van der Waals surface area contributed by atoms with Crippen molar-refractivity contribution in [2.24, 2.45) is 0 Å². The largest absolute Gasteiger partial charge is 0.497 e. The number of ether oxygens (including phenoxy) is 3. The first-order chi connectivity index (χ1) is 13.4. The standard InChI is InChI=1S/C20H23NO6S/c1-5-26-17-8-6-7-14-11-18(27-20(14)17)13(2)21-28(22,23)19-12-15(24-3)9-10-16(19)25-4/h6-13,21H,5H2,1-4H3. The SMILES string of the molecule is CCOc1cccc2cc(C(C)NS(=O)(=O)c3cc(OC)ccc3OC)oc12. The van der Waals surface area contributed by atoms with Crippen LogP contribution in [0.2, 0.25) is 0 Å². The number of methoxy groups -OCH3 is 2. The first-order valence-electron chi connectivity index (χ1n) is 8.79. The molecule has 0 spiro atoms. The number of fused-ring (bicyclic) bond motifs is 1. The van der Waals surface area contributed by atoms with Gasteiger partial charge >= 0.3 is 0 Å². The Balaban J connectivity index is 1.93. The van der Waals surface area contributed by atoms with Crippen LogP contribution in [0.25, 0.3) is 11.0 Å². The molecule has 0 aliphatic heterocycles. The first kappa shape index (κ1) is 20.0. The van der Waals surface area contributed by atoms with Crippen molar-refractivity contribution in [3.8, 4) is 17.2 Å². The number of rotatable bonds is 8. The highest BCUT2D eigenvalue weighted by molar-refractivity contribution is 7.89. The van der Waals surface area contributed by atoms with Crippen LogP contribution in [-0.2, 0) is 10.0 Å². The lowest BCUT2D eigenvalue weighted by atomic mass is 10.2. The fourth-order valence-electron chi connectivity index (χ4n) is 2.89. The van der Waals surface area contributed by atoms with Crippen LogP contribution in [0.15, 0.2) is 51.8 Å². The van der Waals surface area contributed by atoms with Gasteiger partial charge in [-0.25, -0.2) is 13.1 Å². The second kappa shape index (κ2) is 8.12. The van der Waals surface area contributed by atoms with Crippen molar-refractivity contribution in [2.75, 3.05) is 20.8 Å². The molecule has 0 bridgehead atoms. The Labute approximate surface area is 164 Å². The molecule has 3 aromatic rings. The van der Waals surface area contributed by atoms with E-state index in [1.54, 1.807) is 25.1 Å². The summed E-state index contributed by atoms with van der Waals surface area (Å²) in [7, 11) is -1.00. The summed E-state index contributed by atoms with van der Waals surface area (Å²) in [5.41, 5.74) is 0.587. The van der Waals surface area contributed by atoms with Crippen molar-refractivity contribution in [1.82, 2.24) is 4.72 Å². The number of hydrogen-bond donors (Lipinski definition) is 1. The summed E-state index contributed by atoms with van der Waals surface area (Å²) in [6.07, 6.45) is 0. The van der Waals surface area contributed by atoms with Gasteiger partial charge in [0.05, 0.1) is 26.9 Å². The number of hydrogen-bond acceptors (Lipinski definition) is 6. The van der Waals surface area contributed by atoms with Crippen LogP contribution >= 0.6 is 0 Å². The van der Waals surface area contributed by atoms with Crippen LogP contribution in [-0.4, -0.2) is 29.2 Å². The molecule has 28 heavy (non-hydrogen) atoms. The first-order valence-corrected chi connectivity index (χ1v) is 10.3. The summed E-state index contributed by atoms with van der Waals surface area (Å²) in [5.74, 6) is 1.74. The molecule has 1 aromatic heterocycles. The Morgan fingerprint density at radius 1 is 1.07 bits per heavy atom. The van der Waals surface area contributed by atoms with E-state index in [1.807, 2.05) is 25.1 Å². The highest BCUT2D eigenvalue weighted by atomic mass is 32.2. The molecule has 7 nitrogen and oxygen atoms in total. The van der Waals surface area contributed by atoms with Crippen LogP contribution in [0, 0.1) is 0 Å². The van der Waals surface area contributed by atoms with Crippen molar-refractivity contribution in [3.05, 3.63) is 48.2 Å². The second-order valence-electron chi connectivity index (χ2n) is 6.12. The zero-order valence-corrected chi connectivity index (χ0v) is 17.0. The van der Waals surface area contributed by atoms with Gasteiger partial charge < -0.3 is 18.6 Å². The highest BCUT2D eigenvalue weighted by Crippen LogP contribution is 2.33. The monoisotopic (exact) mass is 405 g/mol. The van der Waals surface area contributed by atoms with Gasteiger partial charge in [0.15, 0.2) is 11.3 Å². The van der Waals surface area contributed by atoms with Gasteiger partial charge in [-0.05, 0) is 38.1 Å². The summed E-state index contributed by atoms with van der Waals surface area (Å²) in [5, 5.41) is 0.839. The Morgan fingerprint density at radius 2 is 1.86 bits per heavy atom. The maximum Gasteiger partial charge on any atom is 0.245 e. The average molecular weight is 405 g/mol. The third-order valence-electron chi connectivity index (χ3n) is 4.25. The number of sulfonamides is 1. The van der Waals surface area contributed by atoms with E-state index in [-0.39, 0.29) is 10.6 Å². The van der Waals surface area contributed by atoms with Crippen LogP contribution in [0.5, 0.6) is 17.2 Å². The summed E-state index contributed by atoms with van der Waals surface area (Å²) in [6.45, 7) is 4.11. The summed E-state index contributed by atoms with van der Waals surface area (Å²) < 4.78 is 50.3. The Morgan fingerprint density at radius 3 is 2.54 bits per heavy atom. The average Bonchev–Trinajstić information content (AvgIpc) is 3.13. The van der Waals surface area contributed by atoms with E-state index in [2.05, 4.69) is 4.72 Å². The minimum atomic E-state index is -3.89. The quantitative estimate of drug-likeness (QED) is 0.612. The number of para-hydroxylation sites is 1. The molecule has 8 heteroatoms. The summed E-state index contributed by atoms with van der Waals surface area (Å²) >= 11 is 0. The van der Waals surface area contributed by atoms with Crippen molar-refractivity contribution in [3.63, 3.8) is 0 Å². The van der Waals surface area contributed by atoms with Gasteiger partial charge in [-0.3, -0.25) is 0 Å². The van der Waals surface area contributed by atoms with Gasteiger partial charge in [0, 0.05) is 11.5 Å². The fourth-order valence-corrected chi connectivity index (χ4v) is 4.28. The maximum atomic E-state index is 12.9. The van der Waals surface area contributed by atoms with Crippen LogP contribution < -0.4 is 18.9 Å². The molecular weight excluding hydrogens is 382 g/mol. The molecule has 0 aliphatic rings. The molecule has 0 saturated carbocycles. The zero-order chi connectivity index (χ0) is 20.3. The normalized spacial score (nSPS) is 12.7. The Kier molecular flexibility index (Phi) is 5.81. The van der Waals surface area contributed by atoms with Gasteiger partial charge in [-0.15, -0.1) is 0 Å². The Bertz CT molecular complexity index is 1070. The smallest absolute Gasteiger partial charge is 0.245 e. The predicted octanol–water partition coefficient (Wildman–Crippen LogP) is 3.89. The molecule has 1 N–H and O–H groups in total. The van der Waals surface area contributed by atoms with Gasteiger partial charge in [0.2, 0.25) is 10.0 Å². The summed E-state index contributed by atoms with van der Waals surface area (Å²) in [6, 6.07) is 11.4. The van der Waals surface area contributed by atoms with E-state index in [0.29, 0.717) is 29.4 Å². The van der Waals surface area contributed by atoms with E-state index in [4.69, 9.17) is 18.6 Å². The van der Waals surface area contributed by atoms with Crippen molar-refractivity contribution >= 4 is 21.0 Å². The summed E-state index contributed by atoms with van der Waals surface area (Å²) in [4.78, 5) is -0.00711. The zero-order valence-electron chi connectivity index (χ0n) is 16.2. The van der Waals surface area contributed by atoms with Crippen molar-refractivity contribution in [2.45, 2.75) is 24.8 Å². The van der Waals surface area contributed by atoms with E-state index in [9.17, 15) is 8.42 Å². The van der Waals surface area contributed by atoms with Gasteiger partial charge in [0.25, 0.3) is 0 Å². The van der Waals surface area contributed by atoms with Crippen molar-refractivity contribution < 1.29 is 27.0 Å². The lowest BCUT2D eigenvalue weighted by Gasteiger charge is -2.15. The molecule has 0 radical (unpaired) electrons. The van der Waals surface area contributed by atoms with Crippen LogP contribution in [0.3, 0.4) is 0 Å². The molecule has 0 amide bonds. The minimum Gasteiger partial charge on any atom is -0.497 e. The molecule has 150 valence electrons. The molecule has 0 fully saturated rings. The number of benzene rings is 2. The molecule has 1 heterocycles. The van der Waals surface area contributed by atoms with E-state index in [1.165, 1.54) is 20.3 Å². The van der Waals surface area contributed by atoms with E-state index in [0.717, 1.165) is 5.39 Å². The molecule has 1 atom stereocenters. The van der Waals surface area contributed by atoms with Gasteiger partial charge in [-0.2, -0.15) is 0 Å². The fraction of sp³-hybridized carbons (Fsp3) is 0.300. The van der Waals surface area contributed by atoms with E-state index >= 15 is 0 Å². The third-order valence-corrected chi connectivity index (χ3v) is 5.81. The second-order valence-corrected chi connectivity index (χ2v) is 7.80. The van der Waals surface area contributed by atoms with Crippen molar-refractivity contribution in [1.29, 1.82) is 0 Å². The third kappa shape index (κ3) is 3.93. The van der Waals surface area contributed by atoms with Crippen LogP contribution in [0.1, 0.15) is 25.6 Å². The lowest BCUT2D eigenvalue weighted by molar-refractivity contribution is 0.336. The Hall–Kier alpha value is -2.71. The molecule has 2 aromatic carbocycles. The molecular formula is C20H23NO6S.